The molecule has 0 radical (unpaired) electrons. The Morgan fingerprint density at radius 2 is 1.47 bits per heavy atom. The van der Waals surface area contributed by atoms with Crippen LogP contribution < -0.4 is 0 Å². The number of rotatable bonds is 9. The Morgan fingerprint density at radius 3 is 1.93 bits per heavy atom. The van der Waals surface area contributed by atoms with Gasteiger partial charge in [0.2, 0.25) is 0 Å². The fraction of sp³-hybridized carbons (Fsp3) is 1.00. The van der Waals surface area contributed by atoms with E-state index in [4.69, 9.17) is 0 Å². The summed E-state index contributed by atoms with van der Waals surface area (Å²) in [7, 11) is 2.98. The summed E-state index contributed by atoms with van der Waals surface area (Å²) >= 11 is 0. The molecule has 3 heteroatoms. The summed E-state index contributed by atoms with van der Waals surface area (Å²) in [6.45, 7) is 2.21. The van der Waals surface area contributed by atoms with E-state index < -0.39 is 10.9 Å². The summed E-state index contributed by atoms with van der Waals surface area (Å²) in [5.41, 5.74) is 0. The lowest BCUT2D eigenvalue weighted by Gasteiger charge is -2.38. The number of aliphatic hydroxyl groups is 1. The highest BCUT2D eigenvalue weighted by molar-refractivity contribution is 4.48. The van der Waals surface area contributed by atoms with E-state index in [0.717, 1.165) is 12.8 Å². The average molecular weight is 217 g/mol. The summed E-state index contributed by atoms with van der Waals surface area (Å²) < 4.78 is -0.587. The van der Waals surface area contributed by atoms with Crippen LogP contribution in [0.15, 0.2) is 0 Å². The summed E-state index contributed by atoms with van der Waals surface area (Å²) in [6, 6.07) is 0. The van der Waals surface area contributed by atoms with Crippen LogP contribution in [-0.2, 0) is 0 Å². The van der Waals surface area contributed by atoms with Gasteiger partial charge in [0, 0.05) is 6.42 Å². The van der Waals surface area contributed by atoms with Crippen LogP contribution in [0, 0.1) is 5.21 Å². The third kappa shape index (κ3) is 8.85. The molecular formula is C12H27NO2. The van der Waals surface area contributed by atoms with Gasteiger partial charge >= 0.3 is 0 Å². The smallest absolute Gasteiger partial charge is 0.189 e. The number of unbranched alkanes of at least 4 members (excludes halogenated alkanes) is 6. The molecule has 0 aliphatic heterocycles. The number of quaternary nitrogens is 1. The summed E-state index contributed by atoms with van der Waals surface area (Å²) in [4.78, 5) is 0. The van der Waals surface area contributed by atoms with E-state index in [2.05, 4.69) is 6.92 Å². The predicted octanol–water partition coefficient (Wildman–Crippen LogP) is 3.02. The highest BCUT2D eigenvalue weighted by atomic mass is 16.6. The van der Waals surface area contributed by atoms with Gasteiger partial charge in [-0.2, -0.15) is 0 Å². The van der Waals surface area contributed by atoms with Gasteiger partial charge in [0.05, 0.1) is 14.1 Å². The Hall–Kier alpha value is -0.120. The third-order valence-electron chi connectivity index (χ3n) is 2.78. The molecule has 1 atom stereocenters. The topological polar surface area (TPSA) is 43.3 Å². The maximum Gasteiger partial charge on any atom is 0.189 e. The Labute approximate surface area is 94.3 Å². The van der Waals surface area contributed by atoms with Crippen LogP contribution in [-0.4, -0.2) is 30.1 Å². The van der Waals surface area contributed by atoms with Gasteiger partial charge in [-0.15, -0.1) is 0 Å². The van der Waals surface area contributed by atoms with Gasteiger partial charge in [-0.3, -0.25) is 0 Å². The van der Waals surface area contributed by atoms with E-state index in [0.29, 0.717) is 6.42 Å². The zero-order valence-electron chi connectivity index (χ0n) is 10.5. The fourth-order valence-electron chi connectivity index (χ4n) is 1.59. The second-order valence-corrected chi connectivity index (χ2v) is 4.82. The van der Waals surface area contributed by atoms with E-state index in [9.17, 15) is 10.3 Å². The normalized spacial score (nSPS) is 14.2. The molecule has 0 fully saturated rings. The van der Waals surface area contributed by atoms with E-state index in [1.807, 2.05) is 0 Å². The predicted molar refractivity (Wildman–Crippen MR) is 64.1 cm³/mol. The zero-order chi connectivity index (χ0) is 11.7. The van der Waals surface area contributed by atoms with Gasteiger partial charge in [0.25, 0.3) is 0 Å². The van der Waals surface area contributed by atoms with Crippen molar-refractivity contribution in [3.05, 3.63) is 5.21 Å². The molecule has 0 amide bonds. The molecule has 0 spiro atoms. The van der Waals surface area contributed by atoms with Gasteiger partial charge in [-0.25, -0.2) is 0 Å². The number of aliphatic hydroxyl groups excluding tert-OH is 1. The van der Waals surface area contributed by atoms with Crippen LogP contribution in [0.1, 0.15) is 58.3 Å². The zero-order valence-corrected chi connectivity index (χ0v) is 10.5. The Kier molecular flexibility index (Phi) is 8.02. The number of nitrogens with zero attached hydrogens (tertiary/aromatic N) is 1. The first kappa shape index (κ1) is 14.9. The first-order valence-electron chi connectivity index (χ1n) is 6.21. The lowest BCUT2D eigenvalue weighted by atomic mass is 10.1. The average Bonchev–Trinajstić information content (AvgIpc) is 2.14. The molecule has 0 saturated carbocycles. The van der Waals surface area contributed by atoms with Crippen LogP contribution in [0.3, 0.4) is 0 Å². The van der Waals surface area contributed by atoms with Gasteiger partial charge in [0.1, 0.15) is 0 Å². The van der Waals surface area contributed by atoms with Crippen molar-refractivity contribution in [2.75, 3.05) is 14.1 Å². The summed E-state index contributed by atoms with van der Waals surface area (Å²) in [5.74, 6) is 0. The first-order valence-corrected chi connectivity index (χ1v) is 6.21. The molecule has 0 rings (SSSR count). The van der Waals surface area contributed by atoms with Crippen molar-refractivity contribution in [3.63, 3.8) is 0 Å². The van der Waals surface area contributed by atoms with E-state index in [-0.39, 0.29) is 0 Å². The van der Waals surface area contributed by atoms with E-state index in [1.165, 1.54) is 46.2 Å². The lowest BCUT2D eigenvalue weighted by Crippen LogP contribution is -2.43. The molecule has 0 aromatic rings. The molecule has 0 bridgehead atoms. The molecule has 0 aromatic heterocycles. The van der Waals surface area contributed by atoms with Crippen molar-refractivity contribution < 1.29 is 9.75 Å². The van der Waals surface area contributed by atoms with E-state index in [1.54, 1.807) is 0 Å². The highest BCUT2D eigenvalue weighted by Crippen LogP contribution is 2.13. The summed E-state index contributed by atoms with van der Waals surface area (Å²) in [6.07, 6.45) is 8.44. The van der Waals surface area contributed by atoms with Crippen molar-refractivity contribution in [2.24, 2.45) is 0 Å². The van der Waals surface area contributed by atoms with Crippen LogP contribution in [0.5, 0.6) is 0 Å². The number of hydrogen-bond acceptors (Lipinski definition) is 2. The van der Waals surface area contributed by atoms with Crippen LogP contribution in [0.25, 0.3) is 0 Å². The maximum atomic E-state index is 11.3. The SMILES string of the molecule is CCCCCCCCCC(O)[N+](C)(C)[O-]. The third-order valence-corrected chi connectivity index (χ3v) is 2.78. The van der Waals surface area contributed by atoms with Gasteiger partial charge in [0.15, 0.2) is 6.23 Å². The highest BCUT2D eigenvalue weighted by Gasteiger charge is 2.15. The van der Waals surface area contributed by atoms with Crippen molar-refractivity contribution in [1.82, 2.24) is 0 Å². The van der Waals surface area contributed by atoms with Crippen LogP contribution in [0.2, 0.25) is 0 Å². The molecule has 1 unspecified atom stereocenters. The minimum absolute atomic E-state index is 0.587. The van der Waals surface area contributed by atoms with Gasteiger partial charge in [-0.05, 0) is 6.42 Å². The monoisotopic (exact) mass is 217 g/mol. The number of hydrogen-bond donors (Lipinski definition) is 1. The number of hydroxylamine groups is 3. The molecule has 92 valence electrons. The van der Waals surface area contributed by atoms with Crippen molar-refractivity contribution >= 4 is 0 Å². The summed E-state index contributed by atoms with van der Waals surface area (Å²) in [5, 5.41) is 20.8. The molecule has 1 N–H and O–H groups in total. The minimum atomic E-state index is -0.749. The molecule has 3 nitrogen and oxygen atoms in total. The first-order chi connectivity index (χ1) is 6.98. The second-order valence-electron chi connectivity index (χ2n) is 4.82. The van der Waals surface area contributed by atoms with Crippen molar-refractivity contribution in [3.8, 4) is 0 Å². The maximum absolute atomic E-state index is 11.3. The quantitative estimate of drug-likeness (QED) is 0.279. The minimum Gasteiger partial charge on any atom is -0.631 e. The Bertz CT molecular complexity index is 143. The molecule has 0 aliphatic carbocycles. The molecule has 0 aliphatic rings. The Balaban J connectivity index is 3.24. The molecule has 15 heavy (non-hydrogen) atoms. The van der Waals surface area contributed by atoms with E-state index >= 15 is 0 Å². The lowest BCUT2D eigenvalue weighted by molar-refractivity contribution is -0.891. The van der Waals surface area contributed by atoms with Gasteiger partial charge in [-0.1, -0.05) is 45.4 Å². The van der Waals surface area contributed by atoms with Crippen molar-refractivity contribution in [1.29, 1.82) is 0 Å². The second kappa shape index (κ2) is 8.08. The standard InChI is InChI=1S/C12H27NO2/c1-4-5-6-7-8-9-10-11-12(14)13(2,3)15/h12,14H,4-11H2,1-3H3. The largest absolute Gasteiger partial charge is 0.631 e. The molecule has 0 aromatic carbocycles. The Morgan fingerprint density at radius 1 is 1.00 bits per heavy atom. The van der Waals surface area contributed by atoms with Crippen molar-refractivity contribution in [2.45, 2.75) is 64.5 Å². The molecule has 0 saturated heterocycles. The molecular weight excluding hydrogens is 190 g/mol. The fourth-order valence-corrected chi connectivity index (χ4v) is 1.59. The molecule has 0 heterocycles. The van der Waals surface area contributed by atoms with Crippen LogP contribution in [0.4, 0.5) is 0 Å². The van der Waals surface area contributed by atoms with Gasteiger partial charge < -0.3 is 15.0 Å². The van der Waals surface area contributed by atoms with Crippen LogP contribution >= 0.6 is 0 Å².